The summed E-state index contributed by atoms with van der Waals surface area (Å²) in [5.74, 6) is 2.06. The lowest BCUT2D eigenvalue weighted by molar-refractivity contribution is 0.412. The van der Waals surface area contributed by atoms with Crippen molar-refractivity contribution in [1.82, 2.24) is 14.9 Å². The lowest BCUT2D eigenvalue weighted by atomic mass is 10.2. The number of phenols is 1. The summed E-state index contributed by atoms with van der Waals surface area (Å²) in [5.41, 5.74) is 0.564. The lowest BCUT2D eigenvalue weighted by Gasteiger charge is -2.03. The molecule has 2 aromatic rings. The second-order valence-electron chi connectivity index (χ2n) is 4.64. The third-order valence-corrected chi connectivity index (χ3v) is 3.43. The van der Waals surface area contributed by atoms with Crippen molar-refractivity contribution in [2.75, 3.05) is 7.11 Å². The molecule has 2 N–H and O–H groups in total. The largest absolute Gasteiger partial charge is 0.507 e. The number of phenolic OH excluding ortho intramolecular Hbond substituents is 1. The molecule has 1 aliphatic carbocycles. The van der Waals surface area contributed by atoms with Crippen LogP contribution in [0.3, 0.4) is 0 Å². The summed E-state index contributed by atoms with van der Waals surface area (Å²) in [7, 11) is 1.57. The second-order valence-corrected chi connectivity index (χ2v) is 5.03. The number of H-pyrrole nitrogens is 1. The van der Waals surface area contributed by atoms with Gasteiger partial charge in [0, 0.05) is 11.5 Å². The van der Waals surface area contributed by atoms with Gasteiger partial charge in [-0.2, -0.15) is 14.9 Å². The molecule has 0 amide bonds. The van der Waals surface area contributed by atoms with Gasteiger partial charge in [-0.3, -0.25) is 5.10 Å². The summed E-state index contributed by atoms with van der Waals surface area (Å²) in [6, 6.07) is 4.96. The highest BCUT2D eigenvalue weighted by Gasteiger charge is 2.29. The predicted octanol–water partition coefficient (Wildman–Crippen LogP) is 2.41. The molecule has 104 valence electrons. The highest BCUT2D eigenvalue weighted by molar-refractivity contribution is 7.71. The van der Waals surface area contributed by atoms with E-state index in [9.17, 15) is 5.11 Å². The molecular weight excluding hydrogens is 276 g/mol. The molecule has 0 atom stereocenters. The highest BCUT2D eigenvalue weighted by atomic mass is 32.1. The first-order valence-corrected chi connectivity index (χ1v) is 6.68. The minimum absolute atomic E-state index is 0.137. The second kappa shape index (κ2) is 5.09. The molecule has 6 nitrogen and oxygen atoms in total. The number of methoxy groups -OCH3 is 1. The van der Waals surface area contributed by atoms with Crippen molar-refractivity contribution in [3.63, 3.8) is 0 Å². The molecule has 7 heteroatoms. The Labute approximate surface area is 120 Å². The minimum atomic E-state index is 0.137. The molecule has 0 saturated heterocycles. The van der Waals surface area contributed by atoms with E-state index in [-0.39, 0.29) is 5.75 Å². The van der Waals surface area contributed by atoms with E-state index in [1.807, 2.05) is 0 Å². The Morgan fingerprint density at radius 1 is 1.55 bits per heavy atom. The van der Waals surface area contributed by atoms with Crippen LogP contribution in [0.5, 0.6) is 11.5 Å². The average molecular weight is 290 g/mol. The van der Waals surface area contributed by atoms with Gasteiger partial charge in [-0.25, -0.2) is 0 Å². The predicted molar refractivity (Wildman–Crippen MR) is 77.0 cm³/mol. The number of hydrogen-bond acceptors (Lipinski definition) is 5. The third kappa shape index (κ3) is 2.44. The smallest absolute Gasteiger partial charge is 0.216 e. The van der Waals surface area contributed by atoms with E-state index in [0.717, 1.165) is 18.7 Å². The zero-order valence-electron chi connectivity index (χ0n) is 10.9. The summed E-state index contributed by atoms with van der Waals surface area (Å²) in [6.45, 7) is 0. The van der Waals surface area contributed by atoms with Crippen molar-refractivity contribution in [2.24, 2.45) is 5.10 Å². The fourth-order valence-electron chi connectivity index (χ4n) is 1.90. The fourth-order valence-corrected chi connectivity index (χ4v) is 2.09. The monoisotopic (exact) mass is 290 g/mol. The number of ether oxygens (including phenoxy) is 1. The van der Waals surface area contributed by atoms with Gasteiger partial charge in [-0.15, -0.1) is 0 Å². The maximum Gasteiger partial charge on any atom is 0.216 e. The van der Waals surface area contributed by atoms with Crippen molar-refractivity contribution >= 4 is 18.4 Å². The first-order valence-electron chi connectivity index (χ1n) is 6.27. The molecule has 1 fully saturated rings. The molecule has 1 aliphatic rings. The number of nitrogens with zero attached hydrogens (tertiary/aromatic N) is 3. The van der Waals surface area contributed by atoms with Gasteiger partial charge in [-0.05, 0) is 43.3 Å². The van der Waals surface area contributed by atoms with Crippen molar-refractivity contribution in [3.05, 3.63) is 34.4 Å². The topological polar surface area (TPSA) is 75.4 Å². The average Bonchev–Trinajstić information content (AvgIpc) is 3.23. The van der Waals surface area contributed by atoms with Gasteiger partial charge in [0.25, 0.3) is 0 Å². The van der Waals surface area contributed by atoms with E-state index >= 15 is 0 Å². The molecule has 20 heavy (non-hydrogen) atoms. The Bertz CT molecular complexity index is 715. The van der Waals surface area contributed by atoms with Gasteiger partial charge >= 0.3 is 0 Å². The van der Waals surface area contributed by atoms with Gasteiger partial charge in [-0.1, -0.05) is 0 Å². The van der Waals surface area contributed by atoms with Gasteiger partial charge in [0.1, 0.15) is 11.5 Å². The van der Waals surface area contributed by atoms with Crippen molar-refractivity contribution in [1.29, 1.82) is 0 Å². The standard InChI is InChI=1S/C13H14N4O2S/c1-19-10-4-5-11(18)9(6-10)7-14-17-12(8-2-3-8)15-16-13(17)20/h4-8,18H,2-3H2,1H3,(H,16,20)/b14-7+. The van der Waals surface area contributed by atoms with E-state index in [1.54, 1.807) is 36.2 Å². The van der Waals surface area contributed by atoms with Gasteiger partial charge in [0.15, 0.2) is 5.82 Å². The molecule has 0 radical (unpaired) electrons. The van der Waals surface area contributed by atoms with Crippen LogP contribution >= 0.6 is 12.2 Å². The molecule has 0 bridgehead atoms. The quantitative estimate of drug-likeness (QED) is 0.670. The molecule has 0 unspecified atom stereocenters. The first-order chi connectivity index (χ1) is 9.69. The minimum Gasteiger partial charge on any atom is -0.507 e. The molecule has 1 aromatic heterocycles. The van der Waals surface area contributed by atoms with E-state index in [4.69, 9.17) is 17.0 Å². The van der Waals surface area contributed by atoms with Crippen LogP contribution < -0.4 is 4.74 Å². The van der Waals surface area contributed by atoms with Crippen molar-refractivity contribution < 1.29 is 9.84 Å². The van der Waals surface area contributed by atoms with Crippen LogP contribution in [0.4, 0.5) is 0 Å². The summed E-state index contributed by atoms with van der Waals surface area (Å²) in [6.07, 6.45) is 3.77. The van der Waals surface area contributed by atoms with E-state index in [2.05, 4.69) is 15.3 Å². The zero-order valence-corrected chi connectivity index (χ0v) is 11.7. The zero-order chi connectivity index (χ0) is 14.1. The molecule has 1 heterocycles. The van der Waals surface area contributed by atoms with E-state index in [0.29, 0.717) is 22.0 Å². The number of nitrogens with one attached hydrogen (secondary N) is 1. The van der Waals surface area contributed by atoms with E-state index < -0.39 is 0 Å². The molecule has 1 aromatic carbocycles. The lowest BCUT2D eigenvalue weighted by Crippen LogP contribution is -1.97. The highest BCUT2D eigenvalue weighted by Crippen LogP contribution is 2.38. The summed E-state index contributed by atoms with van der Waals surface area (Å²) in [4.78, 5) is 0. The van der Waals surface area contributed by atoms with Crippen LogP contribution in [0, 0.1) is 4.77 Å². The number of benzene rings is 1. The van der Waals surface area contributed by atoms with Crippen LogP contribution in [-0.2, 0) is 0 Å². The van der Waals surface area contributed by atoms with Crippen molar-refractivity contribution in [2.45, 2.75) is 18.8 Å². The summed E-state index contributed by atoms with van der Waals surface area (Å²) in [5, 5.41) is 21.1. The van der Waals surface area contributed by atoms with Gasteiger partial charge in [0.05, 0.1) is 13.3 Å². The van der Waals surface area contributed by atoms with Crippen LogP contribution in [0.1, 0.15) is 30.1 Å². The summed E-state index contributed by atoms with van der Waals surface area (Å²) >= 11 is 5.16. The Kier molecular flexibility index (Phi) is 3.27. The number of aromatic amines is 1. The third-order valence-electron chi connectivity index (χ3n) is 3.16. The summed E-state index contributed by atoms with van der Waals surface area (Å²) < 4.78 is 7.18. The number of aromatic hydroxyl groups is 1. The molecule has 0 spiro atoms. The van der Waals surface area contributed by atoms with Crippen molar-refractivity contribution in [3.8, 4) is 11.5 Å². The first kappa shape index (κ1) is 12.9. The SMILES string of the molecule is COc1ccc(O)c(/C=N/n2c(C3CC3)n[nH]c2=S)c1. The van der Waals surface area contributed by atoms with Crippen LogP contribution in [0.25, 0.3) is 0 Å². The maximum atomic E-state index is 9.81. The Morgan fingerprint density at radius 3 is 3.05 bits per heavy atom. The molecule has 3 rings (SSSR count). The number of rotatable bonds is 4. The van der Waals surface area contributed by atoms with Gasteiger partial charge < -0.3 is 9.84 Å². The van der Waals surface area contributed by atoms with Crippen LogP contribution in [0.2, 0.25) is 0 Å². The van der Waals surface area contributed by atoms with Crippen LogP contribution in [-0.4, -0.2) is 33.3 Å². The van der Waals surface area contributed by atoms with Gasteiger partial charge in [0.2, 0.25) is 4.77 Å². The number of hydrogen-bond donors (Lipinski definition) is 2. The Morgan fingerprint density at radius 2 is 2.35 bits per heavy atom. The number of aromatic nitrogens is 3. The normalized spacial score (nSPS) is 14.8. The Hall–Kier alpha value is -2.15. The fraction of sp³-hybridized carbons (Fsp3) is 0.308. The molecule has 0 aliphatic heterocycles. The van der Waals surface area contributed by atoms with Crippen LogP contribution in [0.15, 0.2) is 23.3 Å². The molecular formula is C13H14N4O2S. The maximum absolute atomic E-state index is 9.81. The molecule has 1 saturated carbocycles. The van der Waals surface area contributed by atoms with E-state index in [1.165, 1.54) is 0 Å². The Balaban J connectivity index is 1.94.